The number of aliphatic hydroxyl groups is 1. The molecule has 1 aromatic carbocycles. The van der Waals surface area contributed by atoms with Crippen LogP contribution in [-0.4, -0.2) is 24.2 Å². The largest absolute Gasteiger partial charge is 0.396 e. The predicted octanol–water partition coefficient (Wildman–Crippen LogP) is 1.30. The normalized spacial score (nSPS) is 10.2. The summed E-state index contributed by atoms with van der Waals surface area (Å²) in [6, 6.07) is 3.98. The molecule has 1 rings (SSSR count). The Labute approximate surface area is 99.6 Å². The fourth-order valence-corrected chi connectivity index (χ4v) is 1.39. The van der Waals surface area contributed by atoms with Gasteiger partial charge in [0.05, 0.1) is 5.69 Å². The molecule has 5 heteroatoms. The van der Waals surface area contributed by atoms with Crippen molar-refractivity contribution >= 4 is 11.6 Å². The number of unbranched alkanes of at least 4 members (excludes halogenated alkanes) is 2. The summed E-state index contributed by atoms with van der Waals surface area (Å²) in [7, 11) is 0. The van der Waals surface area contributed by atoms with Crippen LogP contribution in [0.4, 0.5) is 10.1 Å². The maximum Gasteiger partial charge on any atom is 0.251 e. The first-order valence-corrected chi connectivity index (χ1v) is 5.59. The van der Waals surface area contributed by atoms with Gasteiger partial charge >= 0.3 is 0 Å². The number of hydrogen-bond donors (Lipinski definition) is 3. The van der Waals surface area contributed by atoms with Gasteiger partial charge in [0, 0.05) is 18.7 Å². The number of amides is 1. The highest BCUT2D eigenvalue weighted by Crippen LogP contribution is 2.11. The molecule has 0 saturated heterocycles. The van der Waals surface area contributed by atoms with Gasteiger partial charge in [0.15, 0.2) is 0 Å². The molecule has 0 saturated carbocycles. The topological polar surface area (TPSA) is 75.4 Å². The van der Waals surface area contributed by atoms with E-state index in [1.807, 2.05) is 0 Å². The van der Waals surface area contributed by atoms with E-state index in [-0.39, 0.29) is 23.8 Å². The molecule has 0 heterocycles. The SMILES string of the molecule is Nc1ccc(C(=O)NCCCCCO)cc1F. The molecule has 0 bridgehead atoms. The Bertz CT molecular complexity index is 383. The van der Waals surface area contributed by atoms with Gasteiger partial charge in [-0.25, -0.2) is 4.39 Å². The van der Waals surface area contributed by atoms with Crippen molar-refractivity contribution in [3.63, 3.8) is 0 Å². The number of benzene rings is 1. The maximum absolute atomic E-state index is 13.1. The summed E-state index contributed by atoms with van der Waals surface area (Å²) >= 11 is 0. The van der Waals surface area contributed by atoms with Crippen molar-refractivity contribution in [1.82, 2.24) is 5.32 Å². The molecule has 94 valence electrons. The van der Waals surface area contributed by atoms with Crippen molar-refractivity contribution in [1.29, 1.82) is 0 Å². The second-order valence-corrected chi connectivity index (χ2v) is 3.78. The first-order valence-electron chi connectivity index (χ1n) is 5.59. The second-order valence-electron chi connectivity index (χ2n) is 3.78. The number of carbonyl (C=O) groups is 1. The lowest BCUT2D eigenvalue weighted by Gasteiger charge is -2.05. The number of nitrogens with one attached hydrogen (secondary N) is 1. The molecule has 0 fully saturated rings. The van der Waals surface area contributed by atoms with Crippen molar-refractivity contribution in [2.75, 3.05) is 18.9 Å². The zero-order valence-corrected chi connectivity index (χ0v) is 9.58. The molecule has 0 aliphatic carbocycles. The lowest BCUT2D eigenvalue weighted by atomic mass is 10.2. The quantitative estimate of drug-likeness (QED) is 0.518. The summed E-state index contributed by atoms with van der Waals surface area (Å²) in [6.45, 7) is 0.682. The van der Waals surface area contributed by atoms with Gasteiger partial charge in [-0.2, -0.15) is 0 Å². The molecular weight excluding hydrogens is 223 g/mol. The molecule has 0 atom stereocenters. The fourth-order valence-electron chi connectivity index (χ4n) is 1.39. The van der Waals surface area contributed by atoms with E-state index in [2.05, 4.69) is 5.32 Å². The number of anilines is 1. The average Bonchev–Trinajstić information content (AvgIpc) is 2.32. The predicted molar refractivity (Wildman–Crippen MR) is 64.1 cm³/mol. The van der Waals surface area contributed by atoms with Crippen molar-refractivity contribution in [2.24, 2.45) is 0 Å². The lowest BCUT2D eigenvalue weighted by molar-refractivity contribution is 0.0952. The van der Waals surface area contributed by atoms with Crippen LogP contribution in [0, 0.1) is 5.82 Å². The van der Waals surface area contributed by atoms with E-state index in [1.54, 1.807) is 0 Å². The molecule has 1 aromatic rings. The summed E-state index contributed by atoms with van der Waals surface area (Å²) < 4.78 is 13.1. The summed E-state index contributed by atoms with van der Waals surface area (Å²) in [4.78, 5) is 11.6. The van der Waals surface area contributed by atoms with Gasteiger partial charge < -0.3 is 16.2 Å². The number of hydrogen-bond acceptors (Lipinski definition) is 3. The molecule has 17 heavy (non-hydrogen) atoms. The molecule has 0 unspecified atom stereocenters. The molecule has 1 amide bonds. The Morgan fingerprint density at radius 3 is 2.76 bits per heavy atom. The van der Waals surface area contributed by atoms with E-state index >= 15 is 0 Å². The second kappa shape index (κ2) is 6.85. The van der Waals surface area contributed by atoms with Gasteiger partial charge in [-0.3, -0.25) is 4.79 Å². The van der Waals surface area contributed by atoms with Crippen molar-refractivity contribution < 1.29 is 14.3 Å². The van der Waals surface area contributed by atoms with Gasteiger partial charge in [-0.1, -0.05) is 0 Å². The molecule has 0 aliphatic rings. The zero-order chi connectivity index (χ0) is 12.7. The lowest BCUT2D eigenvalue weighted by Crippen LogP contribution is -2.24. The number of halogens is 1. The third-order valence-corrected chi connectivity index (χ3v) is 2.38. The highest BCUT2D eigenvalue weighted by Gasteiger charge is 2.07. The minimum absolute atomic E-state index is 0.0319. The molecule has 0 aromatic heterocycles. The first kappa shape index (κ1) is 13.4. The van der Waals surface area contributed by atoms with Crippen LogP contribution < -0.4 is 11.1 Å². The van der Waals surface area contributed by atoms with Crippen LogP contribution in [0.3, 0.4) is 0 Å². The average molecular weight is 240 g/mol. The van der Waals surface area contributed by atoms with E-state index in [1.165, 1.54) is 12.1 Å². The zero-order valence-electron chi connectivity index (χ0n) is 9.58. The van der Waals surface area contributed by atoms with Crippen LogP contribution in [-0.2, 0) is 0 Å². The van der Waals surface area contributed by atoms with Gasteiger partial charge in [-0.05, 0) is 37.5 Å². The van der Waals surface area contributed by atoms with E-state index in [4.69, 9.17) is 10.8 Å². The Morgan fingerprint density at radius 2 is 2.12 bits per heavy atom. The molecule has 4 N–H and O–H groups in total. The highest BCUT2D eigenvalue weighted by atomic mass is 19.1. The van der Waals surface area contributed by atoms with Gasteiger partial charge in [0.25, 0.3) is 5.91 Å². The highest BCUT2D eigenvalue weighted by molar-refractivity contribution is 5.94. The van der Waals surface area contributed by atoms with Crippen LogP contribution in [0.2, 0.25) is 0 Å². The van der Waals surface area contributed by atoms with Crippen LogP contribution >= 0.6 is 0 Å². The molecule has 0 aliphatic heterocycles. The Balaban J connectivity index is 2.39. The molecular formula is C12H17FN2O2. The standard InChI is InChI=1S/C12H17FN2O2/c13-10-8-9(4-5-11(10)14)12(17)15-6-2-1-3-7-16/h4-5,8,16H,1-3,6-7,14H2,(H,15,17). The van der Waals surface area contributed by atoms with Gasteiger partial charge in [0.1, 0.15) is 5.82 Å². The first-order chi connectivity index (χ1) is 8.15. The fraction of sp³-hybridized carbons (Fsp3) is 0.417. The Kier molecular flexibility index (Phi) is 5.42. The van der Waals surface area contributed by atoms with Gasteiger partial charge in [-0.15, -0.1) is 0 Å². The number of nitrogen functional groups attached to an aromatic ring is 1. The summed E-state index contributed by atoms with van der Waals surface area (Å²) in [6.07, 6.45) is 2.38. The smallest absolute Gasteiger partial charge is 0.251 e. The van der Waals surface area contributed by atoms with Crippen molar-refractivity contribution in [3.8, 4) is 0 Å². The van der Waals surface area contributed by atoms with Crippen LogP contribution in [0.15, 0.2) is 18.2 Å². The van der Waals surface area contributed by atoms with E-state index in [9.17, 15) is 9.18 Å². The van der Waals surface area contributed by atoms with Crippen molar-refractivity contribution in [2.45, 2.75) is 19.3 Å². The van der Waals surface area contributed by atoms with E-state index in [0.29, 0.717) is 6.54 Å². The molecule has 0 radical (unpaired) electrons. The number of aliphatic hydroxyl groups excluding tert-OH is 1. The number of nitrogens with two attached hydrogens (primary N) is 1. The third-order valence-electron chi connectivity index (χ3n) is 2.38. The minimum Gasteiger partial charge on any atom is -0.396 e. The monoisotopic (exact) mass is 240 g/mol. The molecule has 0 spiro atoms. The van der Waals surface area contributed by atoms with Gasteiger partial charge in [0.2, 0.25) is 0 Å². The summed E-state index contributed by atoms with van der Waals surface area (Å²) in [5.74, 6) is -0.897. The minimum atomic E-state index is -0.585. The van der Waals surface area contributed by atoms with Crippen LogP contribution in [0.25, 0.3) is 0 Å². The number of carbonyl (C=O) groups excluding carboxylic acids is 1. The van der Waals surface area contributed by atoms with E-state index < -0.39 is 5.82 Å². The summed E-state index contributed by atoms with van der Waals surface area (Å²) in [5, 5.41) is 11.2. The Morgan fingerprint density at radius 1 is 1.35 bits per heavy atom. The third kappa shape index (κ3) is 4.40. The van der Waals surface area contributed by atoms with E-state index in [0.717, 1.165) is 25.3 Å². The Hall–Kier alpha value is -1.62. The van der Waals surface area contributed by atoms with Crippen molar-refractivity contribution in [3.05, 3.63) is 29.6 Å². The number of rotatable bonds is 6. The van der Waals surface area contributed by atoms with Crippen LogP contribution in [0.1, 0.15) is 29.6 Å². The summed E-state index contributed by atoms with van der Waals surface area (Å²) in [5.41, 5.74) is 5.61. The maximum atomic E-state index is 13.1. The van der Waals surface area contributed by atoms with Crippen LogP contribution in [0.5, 0.6) is 0 Å². The molecule has 4 nitrogen and oxygen atoms in total.